The van der Waals surface area contributed by atoms with Crippen LogP contribution < -0.4 is 0 Å². The minimum Gasteiger partial charge on any atom is -0.481 e. The zero-order valence-electron chi connectivity index (χ0n) is 8.85. The van der Waals surface area contributed by atoms with Gasteiger partial charge in [-0.05, 0) is 38.0 Å². The molecule has 1 aromatic carbocycles. The van der Waals surface area contributed by atoms with Gasteiger partial charge in [-0.2, -0.15) is 0 Å². The Morgan fingerprint density at radius 3 is 2.50 bits per heavy atom. The first-order valence-electron chi connectivity index (χ1n) is 4.61. The normalized spacial score (nSPS) is 11.6. The van der Waals surface area contributed by atoms with E-state index in [0.29, 0.717) is 5.56 Å². The molecule has 1 aromatic rings. The molecule has 0 aliphatic carbocycles. The lowest BCUT2D eigenvalue weighted by Crippen LogP contribution is -2.26. The Balaban J connectivity index is 3.11. The third-order valence-corrected chi connectivity index (χ3v) is 2.92. The van der Waals surface area contributed by atoms with E-state index >= 15 is 0 Å². The van der Waals surface area contributed by atoms with Crippen LogP contribution in [-0.4, -0.2) is 11.1 Å². The highest BCUT2D eigenvalue weighted by atomic mass is 35.5. The van der Waals surface area contributed by atoms with Gasteiger partial charge in [0.1, 0.15) is 5.82 Å². The number of rotatable bonds is 3. The van der Waals surface area contributed by atoms with Crippen molar-refractivity contribution in [1.29, 1.82) is 0 Å². The number of benzene rings is 1. The molecule has 0 fully saturated rings. The summed E-state index contributed by atoms with van der Waals surface area (Å²) < 4.78 is 13.3. The van der Waals surface area contributed by atoms with Crippen molar-refractivity contribution in [2.24, 2.45) is 5.41 Å². The monoisotopic (exact) mass is 264 g/mol. The Morgan fingerprint density at radius 1 is 1.44 bits per heavy atom. The molecule has 0 unspecified atom stereocenters. The van der Waals surface area contributed by atoms with E-state index in [4.69, 9.17) is 28.3 Å². The van der Waals surface area contributed by atoms with Crippen molar-refractivity contribution < 1.29 is 14.3 Å². The van der Waals surface area contributed by atoms with Gasteiger partial charge in [0.05, 0.1) is 10.4 Å². The number of halogens is 3. The molecule has 5 heteroatoms. The molecule has 0 saturated heterocycles. The molecule has 0 bridgehead atoms. The number of hydrogen-bond acceptors (Lipinski definition) is 1. The summed E-state index contributed by atoms with van der Waals surface area (Å²) in [5.74, 6) is -1.60. The molecule has 0 aromatic heterocycles. The summed E-state index contributed by atoms with van der Waals surface area (Å²) >= 11 is 11.4. The van der Waals surface area contributed by atoms with Gasteiger partial charge in [0.25, 0.3) is 0 Å². The van der Waals surface area contributed by atoms with E-state index in [-0.39, 0.29) is 16.5 Å². The Bertz CT molecular complexity index is 430. The van der Waals surface area contributed by atoms with Crippen LogP contribution in [0.4, 0.5) is 4.39 Å². The summed E-state index contributed by atoms with van der Waals surface area (Å²) in [6.07, 6.45) is 0.124. The first-order valence-corrected chi connectivity index (χ1v) is 5.36. The van der Waals surface area contributed by atoms with Crippen molar-refractivity contribution >= 4 is 29.2 Å². The molecule has 0 radical (unpaired) electrons. The number of carboxylic acids is 1. The molecule has 88 valence electrons. The fourth-order valence-corrected chi connectivity index (χ4v) is 1.69. The van der Waals surface area contributed by atoms with Crippen molar-refractivity contribution in [2.75, 3.05) is 0 Å². The fourth-order valence-electron chi connectivity index (χ4n) is 1.29. The molecule has 0 aliphatic rings. The van der Waals surface area contributed by atoms with Gasteiger partial charge in [0, 0.05) is 5.02 Å². The van der Waals surface area contributed by atoms with Crippen molar-refractivity contribution in [3.63, 3.8) is 0 Å². The summed E-state index contributed by atoms with van der Waals surface area (Å²) in [7, 11) is 0. The number of aliphatic carboxylic acids is 1. The van der Waals surface area contributed by atoms with Crippen LogP contribution in [-0.2, 0) is 11.2 Å². The lowest BCUT2D eigenvalue weighted by molar-refractivity contribution is -0.146. The minimum absolute atomic E-state index is 0.0706. The third kappa shape index (κ3) is 2.86. The maximum atomic E-state index is 13.3. The number of carboxylic acid groups (broad SMARTS) is 1. The largest absolute Gasteiger partial charge is 0.481 e. The lowest BCUT2D eigenvalue weighted by atomic mass is 9.86. The highest BCUT2D eigenvalue weighted by Crippen LogP contribution is 2.30. The molecule has 1 rings (SSSR count). The van der Waals surface area contributed by atoms with Gasteiger partial charge in [-0.25, -0.2) is 4.39 Å². The highest BCUT2D eigenvalue weighted by Gasteiger charge is 2.28. The molecule has 0 spiro atoms. The summed E-state index contributed by atoms with van der Waals surface area (Å²) in [5.41, 5.74) is -0.611. The van der Waals surface area contributed by atoms with Crippen LogP contribution >= 0.6 is 23.2 Å². The lowest BCUT2D eigenvalue weighted by Gasteiger charge is -2.19. The van der Waals surface area contributed by atoms with Crippen LogP contribution in [0.2, 0.25) is 10.0 Å². The number of carbonyl (C=O) groups is 1. The van der Waals surface area contributed by atoms with Gasteiger partial charge in [0.15, 0.2) is 0 Å². The Morgan fingerprint density at radius 2 is 2.00 bits per heavy atom. The predicted octanol–water partition coefficient (Wildman–Crippen LogP) is 3.79. The highest BCUT2D eigenvalue weighted by molar-refractivity contribution is 6.33. The van der Waals surface area contributed by atoms with Gasteiger partial charge < -0.3 is 5.11 Å². The Labute approximate surface area is 103 Å². The molecule has 16 heavy (non-hydrogen) atoms. The zero-order valence-corrected chi connectivity index (χ0v) is 10.4. The van der Waals surface area contributed by atoms with Crippen molar-refractivity contribution in [3.05, 3.63) is 33.6 Å². The SMILES string of the molecule is CC(C)(Cc1cc(Cl)cc(F)c1Cl)C(=O)O. The average molecular weight is 265 g/mol. The van der Waals surface area contributed by atoms with Crippen LogP contribution in [0, 0.1) is 11.2 Å². The Kier molecular flexibility index (Phi) is 3.81. The van der Waals surface area contributed by atoms with Crippen LogP contribution in [0.3, 0.4) is 0 Å². The summed E-state index contributed by atoms with van der Waals surface area (Å²) in [6.45, 7) is 3.09. The molecule has 1 N–H and O–H groups in total. The van der Waals surface area contributed by atoms with Gasteiger partial charge in [-0.15, -0.1) is 0 Å². The van der Waals surface area contributed by atoms with E-state index < -0.39 is 17.2 Å². The maximum Gasteiger partial charge on any atom is 0.309 e. The predicted molar refractivity (Wildman–Crippen MR) is 61.5 cm³/mol. The van der Waals surface area contributed by atoms with E-state index in [2.05, 4.69) is 0 Å². The second-order valence-electron chi connectivity index (χ2n) is 4.23. The number of hydrogen-bond donors (Lipinski definition) is 1. The van der Waals surface area contributed by atoms with E-state index in [1.54, 1.807) is 13.8 Å². The first-order chi connectivity index (χ1) is 7.24. The topological polar surface area (TPSA) is 37.3 Å². The van der Waals surface area contributed by atoms with Crippen molar-refractivity contribution in [1.82, 2.24) is 0 Å². The van der Waals surface area contributed by atoms with Crippen molar-refractivity contribution in [3.8, 4) is 0 Å². The smallest absolute Gasteiger partial charge is 0.309 e. The second kappa shape index (κ2) is 4.60. The van der Waals surface area contributed by atoms with Crippen LogP contribution in [0.25, 0.3) is 0 Å². The van der Waals surface area contributed by atoms with E-state index in [1.807, 2.05) is 0 Å². The van der Waals surface area contributed by atoms with Gasteiger partial charge in [-0.1, -0.05) is 23.2 Å². The van der Waals surface area contributed by atoms with Crippen LogP contribution in [0.5, 0.6) is 0 Å². The molecule has 2 nitrogen and oxygen atoms in total. The molecular formula is C11H11Cl2FO2. The fraction of sp³-hybridized carbons (Fsp3) is 0.364. The van der Waals surface area contributed by atoms with Gasteiger partial charge in [-0.3, -0.25) is 4.79 Å². The van der Waals surface area contributed by atoms with Crippen molar-refractivity contribution in [2.45, 2.75) is 20.3 Å². The molecule has 0 aliphatic heterocycles. The molecule has 0 atom stereocenters. The van der Waals surface area contributed by atoms with E-state index in [9.17, 15) is 9.18 Å². The Hall–Kier alpha value is -0.800. The van der Waals surface area contributed by atoms with E-state index in [1.165, 1.54) is 6.07 Å². The van der Waals surface area contributed by atoms with Crippen LogP contribution in [0.15, 0.2) is 12.1 Å². The van der Waals surface area contributed by atoms with E-state index in [0.717, 1.165) is 6.07 Å². The molecule has 0 amide bonds. The summed E-state index contributed by atoms with van der Waals surface area (Å²) in [5, 5.41) is 9.10. The zero-order chi connectivity index (χ0) is 12.5. The maximum absolute atomic E-state index is 13.3. The molecule has 0 saturated carbocycles. The average Bonchev–Trinajstić information content (AvgIpc) is 2.12. The van der Waals surface area contributed by atoms with Crippen LogP contribution in [0.1, 0.15) is 19.4 Å². The van der Waals surface area contributed by atoms with Gasteiger partial charge in [0.2, 0.25) is 0 Å². The summed E-state index contributed by atoms with van der Waals surface area (Å²) in [4.78, 5) is 10.9. The minimum atomic E-state index is -1.01. The second-order valence-corrected chi connectivity index (χ2v) is 5.04. The van der Waals surface area contributed by atoms with Gasteiger partial charge >= 0.3 is 5.97 Å². The standard InChI is InChI=1S/C11H11Cl2FO2/c1-11(2,10(15)16)5-6-3-7(12)4-8(14)9(6)13/h3-4H,5H2,1-2H3,(H,15,16). The molecular weight excluding hydrogens is 254 g/mol. The quantitative estimate of drug-likeness (QED) is 0.844. The summed E-state index contributed by atoms with van der Waals surface area (Å²) in [6, 6.07) is 2.58. The molecule has 0 heterocycles. The first kappa shape index (κ1) is 13.3. The third-order valence-electron chi connectivity index (χ3n) is 2.28.